The lowest BCUT2D eigenvalue weighted by Gasteiger charge is -2.24. The lowest BCUT2D eigenvalue weighted by atomic mass is 10.1. The molecule has 0 saturated carbocycles. The quantitative estimate of drug-likeness (QED) is 0.660. The summed E-state index contributed by atoms with van der Waals surface area (Å²) in [7, 11) is 0. The molecule has 3 aromatic rings. The third-order valence-corrected chi connectivity index (χ3v) is 4.39. The SMILES string of the molecule is CC(C(=O)N(CCN)CCc1ccccc1)n1nnc(-c2ccccc2)n1. The highest BCUT2D eigenvalue weighted by Crippen LogP contribution is 2.15. The Balaban J connectivity index is 1.69. The first-order valence-corrected chi connectivity index (χ1v) is 9.06. The first-order valence-electron chi connectivity index (χ1n) is 9.06. The molecule has 1 amide bonds. The molecule has 0 fully saturated rings. The van der Waals surface area contributed by atoms with Gasteiger partial charge in [-0.3, -0.25) is 4.79 Å². The van der Waals surface area contributed by atoms with E-state index in [1.165, 1.54) is 10.4 Å². The molecule has 1 heterocycles. The van der Waals surface area contributed by atoms with Crippen molar-refractivity contribution < 1.29 is 4.79 Å². The molecule has 1 atom stereocenters. The number of nitrogens with zero attached hydrogens (tertiary/aromatic N) is 5. The number of carbonyl (C=O) groups is 1. The first-order chi connectivity index (χ1) is 13.2. The Bertz CT molecular complexity index is 849. The smallest absolute Gasteiger partial charge is 0.249 e. The van der Waals surface area contributed by atoms with Crippen molar-refractivity contribution in [3.8, 4) is 11.4 Å². The summed E-state index contributed by atoms with van der Waals surface area (Å²) in [4.78, 5) is 16.1. The van der Waals surface area contributed by atoms with Crippen molar-refractivity contribution in [2.45, 2.75) is 19.4 Å². The largest absolute Gasteiger partial charge is 0.339 e. The van der Waals surface area contributed by atoms with Crippen LogP contribution in [0.4, 0.5) is 0 Å². The maximum atomic E-state index is 12.9. The van der Waals surface area contributed by atoms with Gasteiger partial charge in [-0.05, 0) is 24.1 Å². The third kappa shape index (κ3) is 4.77. The summed E-state index contributed by atoms with van der Waals surface area (Å²) >= 11 is 0. The lowest BCUT2D eigenvalue weighted by molar-refractivity contribution is -0.134. The minimum Gasteiger partial charge on any atom is -0.339 e. The fraction of sp³-hybridized carbons (Fsp3) is 0.300. The van der Waals surface area contributed by atoms with Crippen LogP contribution < -0.4 is 5.73 Å². The van der Waals surface area contributed by atoms with E-state index >= 15 is 0 Å². The van der Waals surface area contributed by atoms with E-state index in [0.717, 1.165) is 12.0 Å². The van der Waals surface area contributed by atoms with Crippen molar-refractivity contribution in [2.75, 3.05) is 19.6 Å². The van der Waals surface area contributed by atoms with Crippen LogP contribution in [0, 0.1) is 0 Å². The molecule has 7 heteroatoms. The van der Waals surface area contributed by atoms with Crippen molar-refractivity contribution in [2.24, 2.45) is 5.73 Å². The van der Waals surface area contributed by atoms with Crippen LogP contribution in [0.5, 0.6) is 0 Å². The standard InChI is InChI=1S/C20H24N6O/c1-16(26-23-19(22-24-26)18-10-6-3-7-11-18)20(27)25(15-13-21)14-12-17-8-4-2-5-9-17/h2-11,16H,12-15,21H2,1H3. The molecule has 0 aliphatic rings. The van der Waals surface area contributed by atoms with Crippen molar-refractivity contribution in [1.29, 1.82) is 0 Å². The van der Waals surface area contributed by atoms with E-state index in [1.54, 1.807) is 11.8 Å². The molecule has 0 radical (unpaired) electrons. The van der Waals surface area contributed by atoms with Crippen LogP contribution in [0.1, 0.15) is 18.5 Å². The number of amides is 1. The summed E-state index contributed by atoms with van der Waals surface area (Å²) < 4.78 is 0. The summed E-state index contributed by atoms with van der Waals surface area (Å²) in [5, 5.41) is 12.5. The predicted octanol–water partition coefficient (Wildman–Crippen LogP) is 1.93. The fourth-order valence-corrected chi connectivity index (χ4v) is 2.85. The van der Waals surface area contributed by atoms with Gasteiger partial charge in [0.05, 0.1) is 0 Å². The Labute approximate surface area is 158 Å². The zero-order chi connectivity index (χ0) is 19.1. The van der Waals surface area contributed by atoms with Gasteiger partial charge in [-0.15, -0.1) is 10.2 Å². The second-order valence-corrected chi connectivity index (χ2v) is 6.32. The Morgan fingerprint density at radius 3 is 2.41 bits per heavy atom. The summed E-state index contributed by atoms with van der Waals surface area (Å²) in [6.45, 7) is 3.29. The van der Waals surface area contributed by atoms with E-state index in [9.17, 15) is 4.79 Å². The number of benzene rings is 2. The molecule has 0 bridgehead atoms. The molecular formula is C20H24N6O. The van der Waals surface area contributed by atoms with Gasteiger partial charge in [0.25, 0.3) is 0 Å². The number of carbonyl (C=O) groups excluding carboxylic acids is 1. The van der Waals surface area contributed by atoms with Gasteiger partial charge < -0.3 is 10.6 Å². The molecule has 2 aromatic carbocycles. The third-order valence-electron chi connectivity index (χ3n) is 4.39. The zero-order valence-corrected chi connectivity index (χ0v) is 15.4. The summed E-state index contributed by atoms with van der Waals surface area (Å²) in [6, 6.07) is 19.1. The van der Waals surface area contributed by atoms with Crippen LogP contribution in [0.25, 0.3) is 11.4 Å². The second kappa shape index (κ2) is 9.05. The van der Waals surface area contributed by atoms with Gasteiger partial charge in [0.15, 0.2) is 0 Å². The topological polar surface area (TPSA) is 89.9 Å². The minimum atomic E-state index is -0.544. The Morgan fingerprint density at radius 2 is 1.74 bits per heavy atom. The van der Waals surface area contributed by atoms with E-state index in [-0.39, 0.29) is 5.91 Å². The van der Waals surface area contributed by atoms with Crippen molar-refractivity contribution in [1.82, 2.24) is 25.1 Å². The monoisotopic (exact) mass is 364 g/mol. The van der Waals surface area contributed by atoms with Crippen molar-refractivity contribution in [3.63, 3.8) is 0 Å². The average molecular weight is 364 g/mol. The van der Waals surface area contributed by atoms with Gasteiger partial charge in [-0.2, -0.15) is 4.80 Å². The highest BCUT2D eigenvalue weighted by molar-refractivity contribution is 5.79. The van der Waals surface area contributed by atoms with Gasteiger partial charge in [0, 0.05) is 25.2 Å². The summed E-state index contributed by atoms with van der Waals surface area (Å²) in [6.07, 6.45) is 0.777. The Kier molecular flexibility index (Phi) is 6.27. The zero-order valence-electron chi connectivity index (χ0n) is 15.4. The molecule has 1 unspecified atom stereocenters. The van der Waals surface area contributed by atoms with Crippen LogP contribution in [0.2, 0.25) is 0 Å². The van der Waals surface area contributed by atoms with Crippen molar-refractivity contribution >= 4 is 5.91 Å². The molecule has 27 heavy (non-hydrogen) atoms. The van der Waals surface area contributed by atoms with Crippen LogP contribution in [0.15, 0.2) is 60.7 Å². The Morgan fingerprint density at radius 1 is 1.07 bits per heavy atom. The van der Waals surface area contributed by atoms with Crippen LogP contribution in [-0.2, 0) is 11.2 Å². The Hall–Kier alpha value is -3.06. The van der Waals surface area contributed by atoms with Gasteiger partial charge >= 0.3 is 0 Å². The molecule has 0 spiro atoms. The number of hydrogen-bond donors (Lipinski definition) is 1. The molecule has 0 saturated heterocycles. The minimum absolute atomic E-state index is 0.0617. The van der Waals surface area contributed by atoms with Crippen LogP contribution in [-0.4, -0.2) is 50.6 Å². The van der Waals surface area contributed by atoms with Crippen LogP contribution in [0.3, 0.4) is 0 Å². The average Bonchev–Trinajstić information content (AvgIpc) is 3.22. The normalized spacial score (nSPS) is 11.9. The molecule has 1 aromatic heterocycles. The maximum Gasteiger partial charge on any atom is 0.249 e. The first kappa shape index (κ1) is 18.7. The maximum absolute atomic E-state index is 12.9. The number of aromatic nitrogens is 4. The number of rotatable bonds is 8. The van der Waals surface area contributed by atoms with E-state index in [1.807, 2.05) is 48.5 Å². The van der Waals surface area contributed by atoms with Crippen molar-refractivity contribution in [3.05, 3.63) is 66.2 Å². The highest BCUT2D eigenvalue weighted by atomic mass is 16.2. The van der Waals surface area contributed by atoms with Gasteiger partial charge in [-0.1, -0.05) is 60.7 Å². The molecule has 3 rings (SSSR count). The van der Waals surface area contributed by atoms with Crippen LogP contribution >= 0.6 is 0 Å². The van der Waals surface area contributed by atoms with E-state index < -0.39 is 6.04 Å². The highest BCUT2D eigenvalue weighted by Gasteiger charge is 2.24. The number of nitrogens with two attached hydrogens (primary N) is 1. The molecular weight excluding hydrogens is 340 g/mol. The molecule has 2 N–H and O–H groups in total. The molecule has 7 nitrogen and oxygen atoms in total. The van der Waals surface area contributed by atoms with E-state index in [2.05, 4.69) is 27.5 Å². The summed E-state index contributed by atoms with van der Waals surface area (Å²) in [5.41, 5.74) is 7.76. The second-order valence-electron chi connectivity index (χ2n) is 6.32. The fourth-order valence-electron chi connectivity index (χ4n) is 2.85. The van der Waals surface area contributed by atoms with Gasteiger partial charge in [0.1, 0.15) is 6.04 Å². The molecule has 140 valence electrons. The molecule has 0 aliphatic carbocycles. The van der Waals surface area contributed by atoms with Gasteiger partial charge in [-0.25, -0.2) is 0 Å². The lowest BCUT2D eigenvalue weighted by Crippen LogP contribution is -2.41. The summed E-state index contributed by atoms with van der Waals surface area (Å²) in [5.74, 6) is 0.443. The molecule has 0 aliphatic heterocycles. The number of tetrazole rings is 1. The van der Waals surface area contributed by atoms with E-state index in [0.29, 0.717) is 25.5 Å². The van der Waals surface area contributed by atoms with Gasteiger partial charge in [0.2, 0.25) is 11.7 Å². The van der Waals surface area contributed by atoms with E-state index in [4.69, 9.17) is 5.73 Å². The predicted molar refractivity (Wildman–Crippen MR) is 104 cm³/mol. The number of hydrogen-bond acceptors (Lipinski definition) is 5.